The van der Waals surface area contributed by atoms with Gasteiger partial charge in [-0.05, 0) is 36.7 Å². The molecule has 3 nitrogen and oxygen atoms in total. The number of nitrogens with two attached hydrogens (primary N) is 1. The first-order chi connectivity index (χ1) is 9.81. The summed E-state index contributed by atoms with van der Waals surface area (Å²) in [5.41, 5.74) is 6.29. The molecule has 0 spiro atoms. The van der Waals surface area contributed by atoms with Gasteiger partial charge in [0.2, 0.25) is 0 Å². The van der Waals surface area contributed by atoms with Crippen molar-refractivity contribution < 1.29 is 13.9 Å². The Morgan fingerprint density at radius 1 is 0.900 bits per heavy atom. The van der Waals surface area contributed by atoms with Gasteiger partial charge < -0.3 is 15.2 Å². The molecule has 0 aliphatic heterocycles. The maximum Gasteiger partial charge on any atom is 0.165 e. The Balaban J connectivity index is 1.87. The zero-order valence-electron chi connectivity index (χ0n) is 11.2. The highest BCUT2D eigenvalue weighted by atomic mass is 19.1. The van der Waals surface area contributed by atoms with E-state index in [2.05, 4.69) is 0 Å². The Labute approximate surface area is 118 Å². The fourth-order valence-corrected chi connectivity index (χ4v) is 1.89. The van der Waals surface area contributed by atoms with E-state index in [0.717, 1.165) is 11.3 Å². The molecular weight excluding hydrogens is 257 g/mol. The summed E-state index contributed by atoms with van der Waals surface area (Å²) in [5, 5.41) is 0. The standard InChI is InChI=1S/C16H18FNO2/c17-15-8-4-5-13(9-10-18)16(15)20-12-11-19-14-6-2-1-3-7-14/h1-8H,9-12,18H2. The van der Waals surface area contributed by atoms with Crippen molar-refractivity contribution in [2.24, 2.45) is 5.73 Å². The van der Waals surface area contributed by atoms with Gasteiger partial charge in [0, 0.05) is 0 Å². The number of rotatable bonds is 7. The predicted octanol–water partition coefficient (Wildman–Crippen LogP) is 2.78. The molecule has 2 aromatic rings. The first-order valence-corrected chi connectivity index (χ1v) is 6.59. The largest absolute Gasteiger partial charge is 0.490 e. The van der Waals surface area contributed by atoms with Gasteiger partial charge in [-0.1, -0.05) is 30.3 Å². The van der Waals surface area contributed by atoms with Gasteiger partial charge >= 0.3 is 0 Å². The normalized spacial score (nSPS) is 10.3. The van der Waals surface area contributed by atoms with Crippen LogP contribution in [0, 0.1) is 5.82 Å². The van der Waals surface area contributed by atoms with Crippen LogP contribution in [0.3, 0.4) is 0 Å². The highest BCUT2D eigenvalue weighted by Gasteiger charge is 2.09. The number of ether oxygens (including phenoxy) is 2. The first kappa shape index (κ1) is 14.3. The molecule has 0 bridgehead atoms. The zero-order valence-corrected chi connectivity index (χ0v) is 11.2. The molecule has 0 saturated carbocycles. The minimum atomic E-state index is -0.365. The van der Waals surface area contributed by atoms with Crippen LogP contribution in [0.4, 0.5) is 4.39 Å². The molecule has 106 valence electrons. The molecular formula is C16H18FNO2. The summed E-state index contributed by atoms with van der Waals surface area (Å²) in [6, 6.07) is 14.3. The van der Waals surface area contributed by atoms with Gasteiger partial charge in [-0.2, -0.15) is 0 Å². The van der Waals surface area contributed by atoms with Crippen molar-refractivity contribution in [3.63, 3.8) is 0 Å². The molecule has 2 N–H and O–H groups in total. The van der Waals surface area contributed by atoms with Gasteiger partial charge in [0.15, 0.2) is 11.6 Å². The van der Waals surface area contributed by atoms with E-state index in [-0.39, 0.29) is 18.2 Å². The molecule has 0 radical (unpaired) electrons. The van der Waals surface area contributed by atoms with Crippen molar-refractivity contribution in [3.8, 4) is 11.5 Å². The predicted molar refractivity (Wildman–Crippen MR) is 76.6 cm³/mol. The fourth-order valence-electron chi connectivity index (χ4n) is 1.89. The molecule has 0 aliphatic carbocycles. The van der Waals surface area contributed by atoms with Crippen LogP contribution >= 0.6 is 0 Å². The molecule has 0 amide bonds. The second-order valence-corrected chi connectivity index (χ2v) is 4.28. The van der Waals surface area contributed by atoms with E-state index in [9.17, 15) is 4.39 Å². The van der Waals surface area contributed by atoms with Crippen LogP contribution in [0.2, 0.25) is 0 Å². The van der Waals surface area contributed by atoms with Crippen LogP contribution in [0.15, 0.2) is 48.5 Å². The molecule has 2 rings (SSSR count). The zero-order chi connectivity index (χ0) is 14.2. The van der Waals surface area contributed by atoms with E-state index in [4.69, 9.17) is 15.2 Å². The Morgan fingerprint density at radius 3 is 2.40 bits per heavy atom. The van der Waals surface area contributed by atoms with Crippen LogP contribution in [-0.4, -0.2) is 19.8 Å². The topological polar surface area (TPSA) is 44.5 Å². The van der Waals surface area contributed by atoms with Crippen LogP contribution in [0.5, 0.6) is 11.5 Å². The van der Waals surface area contributed by atoms with Gasteiger partial charge in [-0.3, -0.25) is 0 Å². The maximum absolute atomic E-state index is 13.7. The number of halogens is 1. The third-order valence-electron chi connectivity index (χ3n) is 2.80. The van der Waals surface area contributed by atoms with E-state index in [1.807, 2.05) is 36.4 Å². The third kappa shape index (κ3) is 3.96. The first-order valence-electron chi connectivity index (χ1n) is 6.59. The number of benzene rings is 2. The van der Waals surface area contributed by atoms with E-state index >= 15 is 0 Å². The highest BCUT2D eigenvalue weighted by Crippen LogP contribution is 2.23. The van der Waals surface area contributed by atoms with Gasteiger partial charge in [0.05, 0.1) is 0 Å². The molecule has 0 fully saturated rings. The number of hydrogen-bond acceptors (Lipinski definition) is 3. The smallest absolute Gasteiger partial charge is 0.165 e. The Morgan fingerprint density at radius 2 is 1.65 bits per heavy atom. The Bertz CT molecular complexity index is 531. The molecule has 4 heteroatoms. The lowest BCUT2D eigenvalue weighted by molar-refractivity contribution is 0.210. The summed E-state index contributed by atoms with van der Waals surface area (Å²) < 4.78 is 24.7. The molecule has 0 atom stereocenters. The van der Waals surface area contributed by atoms with E-state index < -0.39 is 0 Å². The van der Waals surface area contributed by atoms with Crippen LogP contribution in [0.25, 0.3) is 0 Å². The summed E-state index contributed by atoms with van der Waals surface area (Å²) in [6.07, 6.45) is 0.590. The minimum absolute atomic E-state index is 0.273. The van der Waals surface area contributed by atoms with Crippen molar-refractivity contribution in [1.29, 1.82) is 0 Å². The third-order valence-corrected chi connectivity index (χ3v) is 2.80. The minimum Gasteiger partial charge on any atom is -0.490 e. The van der Waals surface area contributed by atoms with Crippen LogP contribution < -0.4 is 15.2 Å². The summed E-state index contributed by atoms with van der Waals surface area (Å²) in [5.74, 6) is 0.678. The molecule has 2 aromatic carbocycles. The number of para-hydroxylation sites is 2. The van der Waals surface area contributed by atoms with Crippen molar-refractivity contribution in [3.05, 3.63) is 59.9 Å². The van der Waals surface area contributed by atoms with Crippen LogP contribution in [-0.2, 0) is 6.42 Å². The molecule has 0 unspecified atom stereocenters. The Hall–Kier alpha value is -2.07. The average molecular weight is 275 g/mol. The van der Waals surface area contributed by atoms with Gasteiger partial charge in [-0.25, -0.2) is 4.39 Å². The Kier molecular flexibility index (Phi) is 5.38. The molecule has 0 aliphatic rings. The van der Waals surface area contributed by atoms with Crippen LogP contribution in [0.1, 0.15) is 5.56 Å². The van der Waals surface area contributed by atoms with Crippen molar-refractivity contribution in [2.75, 3.05) is 19.8 Å². The monoisotopic (exact) mass is 275 g/mol. The summed E-state index contributed by atoms with van der Waals surface area (Å²) in [6.45, 7) is 1.11. The van der Waals surface area contributed by atoms with E-state index in [1.54, 1.807) is 6.07 Å². The van der Waals surface area contributed by atoms with Gasteiger partial charge in [0.25, 0.3) is 0 Å². The SMILES string of the molecule is NCCc1cccc(F)c1OCCOc1ccccc1. The van der Waals surface area contributed by atoms with Crippen molar-refractivity contribution in [2.45, 2.75) is 6.42 Å². The molecule has 0 aromatic heterocycles. The molecule has 0 saturated heterocycles. The van der Waals surface area contributed by atoms with E-state index in [1.165, 1.54) is 6.07 Å². The summed E-state index contributed by atoms with van der Waals surface area (Å²) in [4.78, 5) is 0. The maximum atomic E-state index is 13.7. The second kappa shape index (κ2) is 7.50. The summed E-state index contributed by atoms with van der Waals surface area (Å²) in [7, 11) is 0. The van der Waals surface area contributed by atoms with Gasteiger partial charge in [0.1, 0.15) is 19.0 Å². The van der Waals surface area contributed by atoms with Crippen molar-refractivity contribution in [1.82, 2.24) is 0 Å². The lowest BCUT2D eigenvalue weighted by Crippen LogP contribution is -2.12. The second-order valence-electron chi connectivity index (χ2n) is 4.28. The lowest BCUT2D eigenvalue weighted by atomic mass is 10.1. The molecule has 20 heavy (non-hydrogen) atoms. The van der Waals surface area contributed by atoms with Gasteiger partial charge in [-0.15, -0.1) is 0 Å². The van der Waals surface area contributed by atoms with Crippen molar-refractivity contribution >= 4 is 0 Å². The lowest BCUT2D eigenvalue weighted by Gasteiger charge is -2.12. The molecule has 0 heterocycles. The number of hydrogen-bond donors (Lipinski definition) is 1. The average Bonchev–Trinajstić information content (AvgIpc) is 2.47. The van der Waals surface area contributed by atoms with E-state index in [0.29, 0.717) is 19.6 Å². The highest BCUT2D eigenvalue weighted by molar-refractivity contribution is 5.35. The quantitative estimate of drug-likeness (QED) is 0.790. The fraction of sp³-hybridized carbons (Fsp3) is 0.250. The summed E-state index contributed by atoms with van der Waals surface area (Å²) >= 11 is 0.